The van der Waals surface area contributed by atoms with Crippen LogP contribution in [0.2, 0.25) is 0 Å². The van der Waals surface area contributed by atoms with Crippen molar-refractivity contribution in [2.75, 3.05) is 0 Å². The van der Waals surface area contributed by atoms with Gasteiger partial charge in [-0.15, -0.1) is 0 Å². The molecule has 3 nitrogen and oxygen atoms in total. The van der Waals surface area contributed by atoms with Crippen LogP contribution in [0.25, 0.3) is 0 Å². The summed E-state index contributed by atoms with van der Waals surface area (Å²) in [5.74, 6) is -0.192. The van der Waals surface area contributed by atoms with Gasteiger partial charge in [-0.25, -0.2) is 0 Å². The third-order valence-electron chi connectivity index (χ3n) is 2.52. The average Bonchev–Trinajstić information content (AvgIpc) is 2.04. The minimum atomic E-state index is -1.08. The second-order valence-electron chi connectivity index (χ2n) is 4.22. The van der Waals surface area contributed by atoms with Gasteiger partial charge in [0, 0.05) is 6.04 Å². The number of amides is 1. The van der Waals surface area contributed by atoms with Gasteiger partial charge in [0.1, 0.15) is 5.60 Å². The molecule has 13 heavy (non-hydrogen) atoms. The molecule has 1 aliphatic carbocycles. The lowest BCUT2D eigenvalue weighted by Gasteiger charge is -2.31. The molecule has 0 atom stereocenters. The molecule has 0 spiro atoms. The van der Waals surface area contributed by atoms with Crippen molar-refractivity contribution in [3.05, 3.63) is 0 Å². The summed E-state index contributed by atoms with van der Waals surface area (Å²) in [6.45, 7) is 3.81. The summed E-state index contributed by atoms with van der Waals surface area (Å²) in [6.07, 6.45) is 4.29. The Labute approximate surface area is 79.5 Å². The molecule has 0 saturated heterocycles. The largest absolute Gasteiger partial charge is 0.380 e. The predicted octanol–water partition coefficient (Wildman–Crippen LogP) is 1.21. The van der Waals surface area contributed by atoms with Crippen molar-refractivity contribution >= 4 is 5.91 Å². The first-order valence-electron chi connectivity index (χ1n) is 5.08. The van der Waals surface area contributed by atoms with Gasteiger partial charge in [-0.1, -0.05) is 19.3 Å². The monoisotopic (exact) mass is 185 g/mol. The Morgan fingerprint density at radius 1 is 1.31 bits per heavy atom. The van der Waals surface area contributed by atoms with Crippen LogP contribution in [-0.2, 0) is 4.79 Å². The Bertz CT molecular complexity index is 183. The summed E-state index contributed by atoms with van der Waals surface area (Å²) in [4.78, 5) is 11.6. The summed E-state index contributed by atoms with van der Waals surface area (Å²) in [7, 11) is 0. The summed E-state index contributed by atoms with van der Waals surface area (Å²) < 4.78 is 0. The number of hydrogen-bond acceptors (Lipinski definition) is 2. The molecule has 2 N–H and O–H groups in total. The van der Waals surface area contributed by atoms with Crippen molar-refractivity contribution in [3.8, 4) is 0 Å². The Hall–Kier alpha value is -0.570. The van der Waals surface area contributed by atoms with Gasteiger partial charge < -0.3 is 10.4 Å². The van der Waals surface area contributed by atoms with Gasteiger partial charge in [-0.3, -0.25) is 4.79 Å². The van der Waals surface area contributed by atoms with Crippen LogP contribution in [0.4, 0.5) is 0 Å². The van der Waals surface area contributed by atoms with Crippen LogP contribution in [-0.4, -0.2) is 22.7 Å². The van der Waals surface area contributed by atoms with Crippen molar-refractivity contribution in [2.24, 2.45) is 0 Å². The maximum atomic E-state index is 11.6. The molecular formula is C10H19NO2. The first-order chi connectivity index (χ1) is 6.04. The highest BCUT2D eigenvalue weighted by molar-refractivity contribution is 5.85. The summed E-state index contributed by atoms with van der Waals surface area (Å²) in [6, 6.07) is 0.110. The predicted molar refractivity (Wildman–Crippen MR) is 51.3 cm³/mol. The van der Waals surface area contributed by atoms with Crippen molar-refractivity contribution in [3.63, 3.8) is 0 Å². The van der Waals surface area contributed by atoms with E-state index in [0.29, 0.717) is 12.8 Å². The Kier molecular flexibility index (Phi) is 3.31. The van der Waals surface area contributed by atoms with Crippen LogP contribution in [0.15, 0.2) is 0 Å². The molecule has 0 radical (unpaired) electrons. The van der Waals surface area contributed by atoms with E-state index in [0.717, 1.165) is 19.3 Å². The molecular weight excluding hydrogens is 166 g/mol. The smallest absolute Gasteiger partial charge is 0.252 e. The number of nitrogens with one attached hydrogen (secondary N) is 1. The van der Waals surface area contributed by atoms with Gasteiger partial charge in [0.25, 0.3) is 5.91 Å². The molecule has 0 bridgehead atoms. The highest BCUT2D eigenvalue weighted by Crippen LogP contribution is 2.28. The molecule has 1 amide bonds. The minimum Gasteiger partial charge on any atom is -0.380 e. The van der Waals surface area contributed by atoms with E-state index in [1.165, 1.54) is 0 Å². The highest BCUT2D eigenvalue weighted by Gasteiger charge is 2.36. The Morgan fingerprint density at radius 3 is 2.31 bits per heavy atom. The first kappa shape index (κ1) is 10.5. The van der Waals surface area contributed by atoms with Gasteiger partial charge in [-0.05, 0) is 26.7 Å². The fraction of sp³-hybridized carbons (Fsp3) is 0.900. The molecule has 3 heteroatoms. The van der Waals surface area contributed by atoms with Gasteiger partial charge in [0.15, 0.2) is 0 Å². The third-order valence-corrected chi connectivity index (χ3v) is 2.52. The number of hydrogen-bond donors (Lipinski definition) is 2. The Morgan fingerprint density at radius 2 is 1.85 bits per heavy atom. The topological polar surface area (TPSA) is 49.3 Å². The lowest BCUT2D eigenvalue weighted by Crippen LogP contribution is -2.50. The second kappa shape index (κ2) is 4.09. The van der Waals surface area contributed by atoms with Crippen molar-refractivity contribution in [1.82, 2.24) is 5.32 Å². The van der Waals surface area contributed by atoms with Crippen molar-refractivity contribution < 1.29 is 9.90 Å². The molecule has 1 rings (SSSR count). The molecule has 1 fully saturated rings. The molecule has 1 aliphatic rings. The van der Waals surface area contributed by atoms with E-state index in [1.54, 1.807) is 0 Å². The quantitative estimate of drug-likeness (QED) is 0.679. The lowest BCUT2D eigenvalue weighted by molar-refractivity contribution is -0.143. The van der Waals surface area contributed by atoms with Crippen molar-refractivity contribution in [1.29, 1.82) is 0 Å². The standard InChI is InChI=1S/C10H19NO2/c1-8(2)11-9(12)10(13)6-4-3-5-7-10/h8,13H,3-7H2,1-2H3,(H,11,12). The molecule has 0 aromatic heterocycles. The minimum absolute atomic E-state index is 0.110. The SMILES string of the molecule is CC(C)NC(=O)C1(O)CCCCC1. The zero-order valence-corrected chi connectivity index (χ0v) is 8.47. The second-order valence-corrected chi connectivity index (χ2v) is 4.22. The number of carbonyl (C=O) groups excluding carboxylic acids is 1. The van der Waals surface area contributed by atoms with E-state index in [4.69, 9.17) is 0 Å². The number of aliphatic hydroxyl groups is 1. The molecule has 0 unspecified atom stereocenters. The van der Waals surface area contributed by atoms with Crippen LogP contribution in [0.3, 0.4) is 0 Å². The highest BCUT2D eigenvalue weighted by atomic mass is 16.3. The van der Waals surface area contributed by atoms with Crippen LogP contribution in [0.1, 0.15) is 46.0 Å². The molecule has 0 aliphatic heterocycles. The number of carbonyl (C=O) groups is 1. The molecule has 0 aromatic carbocycles. The van der Waals surface area contributed by atoms with E-state index in [1.807, 2.05) is 13.8 Å². The van der Waals surface area contributed by atoms with Crippen LogP contribution >= 0.6 is 0 Å². The zero-order chi connectivity index (χ0) is 9.90. The van der Waals surface area contributed by atoms with Gasteiger partial charge in [0.05, 0.1) is 0 Å². The molecule has 0 aromatic rings. The number of rotatable bonds is 2. The van der Waals surface area contributed by atoms with Gasteiger partial charge >= 0.3 is 0 Å². The van der Waals surface area contributed by atoms with Crippen molar-refractivity contribution in [2.45, 2.75) is 57.6 Å². The Balaban J connectivity index is 2.51. The fourth-order valence-corrected chi connectivity index (χ4v) is 1.76. The van der Waals surface area contributed by atoms with E-state index < -0.39 is 5.60 Å². The molecule has 0 heterocycles. The van der Waals surface area contributed by atoms with E-state index >= 15 is 0 Å². The third kappa shape index (κ3) is 2.69. The first-order valence-corrected chi connectivity index (χ1v) is 5.08. The fourth-order valence-electron chi connectivity index (χ4n) is 1.76. The van der Waals surface area contributed by atoms with E-state index in [9.17, 15) is 9.90 Å². The van der Waals surface area contributed by atoms with E-state index in [-0.39, 0.29) is 11.9 Å². The summed E-state index contributed by atoms with van der Waals surface area (Å²) >= 11 is 0. The lowest BCUT2D eigenvalue weighted by atomic mass is 9.84. The zero-order valence-electron chi connectivity index (χ0n) is 8.47. The van der Waals surface area contributed by atoms with Crippen LogP contribution in [0, 0.1) is 0 Å². The summed E-state index contributed by atoms with van der Waals surface area (Å²) in [5.41, 5.74) is -1.08. The normalized spacial score (nSPS) is 21.5. The summed E-state index contributed by atoms with van der Waals surface area (Å²) in [5, 5.41) is 12.7. The van der Waals surface area contributed by atoms with Gasteiger partial charge in [-0.2, -0.15) is 0 Å². The van der Waals surface area contributed by atoms with Gasteiger partial charge in [0.2, 0.25) is 0 Å². The molecule has 1 saturated carbocycles. The maximum absolute atomic E-state index is 11.6. The molecule has 76 valence electrons. The maximum Gasteiger partial charge on any atom is 0.252 e. The average molecular weight is 185 g/mol. The van der Waals surface area contributed by atoms with Crippen LogP contribution < -0.4 is 5.32 Å². The van der Waals surface area contributed by atoms with Crippen LogP contribution in [0.5, 0.6) is 0 Å². The van der Waals surface area contributed by atoms with E-state index in [2.05, 4.69) is 5.32 Å².